The summed E-state index contributed by atoms with van der Waals surface area (Å²) in [7, 11) is 1.70. The highest BCUT2D eigenvalue weighted by molar-refractivity contribution is 5.78. The summed E-state index contributed by atoms with van der Waals surface area (Å²) >= 11 is 0. The molecule has 0 saturated heterocycles. The number of rotatable bonds is 7. The molecule has 21 heavy (non-hydrogen) atoms. The van der Waals surface area contributed by atoms with Crippen molar-refractivity contribution in [1.82, 2.24) is 10.2 Å². The van der Waals surface area contributed by atoms with Crippen LogP contribution in [0.4, 0.5) is 4.79 Å². The van der Waals surface area contributed by atoms with Crippen molar-refractivity contribution in [2.24, 2.45) is 5.41 Å². The largest absolute Gasteiger partial charge is 0.481 e. The Morgan fingerprint density at radius 2 is 1.76 bits per heavy atom. The first-order valence-electron chi connectivity index (χ1n) is 7.21. The maximum Gasteiger partial charge on any atom is 0.317 e. The van der Waals surface area contributed by atoms with Gasteiger partial charge in [-0.15, -0.1) is 0 Å². The highest BCUT2D eigenvalue weighted by Gasteiger charge is 2.35. The minimum absolute atomic E-state index is 0.146. The molecule has 0 aromatic heterocycles. The topological polar surface area (TPSA) is 69.6 Å². The summed E-state index contributed by atoms with van der Waals surface area (Å²) < 4.78 is 0. The van der Waals surface area contributed by atoms with Gasteiger partial charge in [0.2, 0.25) is 0 Å². The van der Waals surface area contributed by atoms with E-state index in [1.807, 2.05) is 44.2 Å². The van der Waals surface area contributed by atoms with Crippen LogP contribution in [0.2, 0.25) is 0 Å². The fourth-order valence-corrected chi connectivity index (χ4v) is 2.19. The van der Waals surface area contributed by atoms with E-state index in [4.69, 9.17) is 0 Å². The third kappa shape index (κ3) is 4.48. The number of carboxylic acids is 1. The van der Waals surface area contributed by atoms with Gasteiger partial charge in [0.25, 0.3) is 0 Å². The van der Waals surface area contributed by atoms with Crippen LogP contribution >= 0.6 is 0 Å². The summed E-state index contributed by atoms with van der Waals surface area (Å²) in [5.41, 5.74) is 0.147. The van der Waals surface area contributed by atoms with Gasteiger partial charge in [-0.1, -0.05) is 44.2 Å². The van der Waals surface area contributed by atoms with E-state index in [2.05, 4.69) is 5.32 Å². The van der Waals surface area contributed by atoms with Crippen LogP contribution in [0, 0.1) is 5.41 Å². The van der Waals surface area contributed by atoms with Gasteiger partial charge in [-0.2, -0.15) is 0 Å². The standard InChI is InChI=1S/C16H24N2O3/c1-4-16(5-2,14(19)20)12-17-15(21)18(3)11-13-9-7-6-8-10-13/h6-10H,4-5,11-12H2,1-3H3,(H,17,21)(H,19,20). The zero-order valence-electron chi connectivity index (χ0n) is 12.9. The first-order valence-corrected chi connectivity index (χ1v) is 7.21. The van der Waals surface area contributed by atoms with Crippen molar-refractivity contribution < 1.29 is 14.7 Å². The molecule has 0 spiro atoms. The van der Waals surface area contributed by atoms with E-state index in [9.17, 15) is 14.7 Å². The smallest absolute Gasteiger partial charge is 0.317 e. The van der Waals surface area contributed by atoms with E-state index in [1.165, 1.54) is 0 Å². The van der Waals surface area contributed by atoms with Gasteiger partial charge in [0.1, 0.15) is 0 Å². The molecule has 0 unspecified atom stereocenters. The monoisotopic (exact) mass is 292 g/mol. The number of carbonyl (C=O) groups excluding carboxylic acids is 1. The van der Waals surface area contributed by atoms with Gasteiger partial charge in [-0.25, -0.2) is 4.79 Å². The molecule has 0 bridgehead atoms. The van der Waals surface area contributed by atoms with Crippen LogP contribution in [-0.4, -0.2) is 35.6 Å². The Kier molecular flexibility index (Phi) is 6.21. The van der Waals surface area contributed by atoms with E-state index in [0.29, 0.717) is 19.4 Å². The van der Waals surface area contributed by atoms with E-state index in [0.717, 1.165) is 5.56 Å². The van der Waals surface area contributed by atoms with Crippen LogP contribution in [-0.2, 0) is 11.3 Å². The van der Waals surface area contributed by atoms with Crippen molar-refractivity contribution in [3.05, 3.63) is 35.9 Å². The molecule has 0 radical (unpaired) electrons. The predicted molar refractivity (Wildman–Crippen MR) is 82.0 cm³/mol. The normalized spacial score (nSPS) is 11.0. The SMILES string of the molecule is CCC(CC)(CNC(=O)N(C)Cc1ccccc1)C(=O)O. The first kappa shape index (κ1) is 17.0. The van der Waals surface area contributed by atoms with Gasteiger partial charge < -0.3 is 15.3 Å². The number of benzene rings is 1. The third-order valence-corrected chi connectivity index (χ3v) is 3.99. The number of amides is 2. The fourth-order valence-electron chi connectivity index (χ4n) is 2.19. The quantitative estimate of drug-likeness (QED) is 0.812. The Hall–Kier alpha value is -2.04. The molecule has 0 aliphatic rings. The minimum Gasteiger partial charge on any atom is -0.481 e. The summed E-state index contributed by atoms with van der Waals surface area (Å²) in [6.07, 6.45) is 0.975. The van der Waals surface area contributed by atoms with Crippen LogP contribution in [0.15, 0.2) is 30.3 Å². The van der Waals surface area contributed by atoms with Crippen LogP contribution in [0.5, 0.6) is 0 Å². The molecule has 5 heteroatoms. The van der Waals surface area contributed by atoms with Gasteiger partial charge in [-0.05, 0) is 18.4 Å². The van der Waals surface area contributed by atoms with Crippen molar-refractivity contribution in [1.29, 1.82) is 0 Å². The minimum atomic E-state index is -0.886. The summed E-state index contributed by atoms with van der Waals surface area (Å²) in [5, 5.41) is 12.1. The van der Waals surface area contributed by atoms with Gasteiger partial charge in [0.15, 0.2) is 0 Å². The average molecular weight is 292 g/mol. The molecule has 2 N–H and O–H groups in total. The van der Waals surface area contributed by atoms with Gasteiger partial charge in [0.05, 0.1) is 5.41 Å². The fraction of sp³-hybridized carbons (Fsp3) is 0.500. The number of hydrogen-bond donors (Lipinski definition) is 2. The number of aliphatic carboxylic acids is 1. The maximum atomic E-state index is 12.1. The van der Waals surface area contributed by atoms with Gasteiger partial charge in [0, 0.05) is 20.1 Å². The Bertz CT molecular complexity index is 470. The second kappa shape index (κ2) is 7.67. The van der Waals surface area contributed by atoms with Crippen molar-refractivity contribution in [3.63, 3.8) is 0 Å². The molecule has 5 nitrogen and oxygen atoms in total. The number of urea groups is 1. The van der Waals surface area contributed by atoms with Crippen molar-refractivity contribution in [2.75, 3.05) is 13.6 Å². The summed E-state index contributed by atoms with van der Waals surface area (Å²) in [4.78, 5) is 25.0. The van der Waals surface area contributed by atoms with Crippen molar-refractivity contribution >= 4 is 12.0 Å². The number of carboxylic acid groups (broad SMARTS) is 1. The zero-order chi connectivity index (χ0) is 15.9. The molecule has 0 saturated carbocycles. The molecule has 1 aromatic rings. The highest BCUT2D eigenvalue weighted by atomic mass is 16.4. The predicted octanol–water partition coefficient (Wildman–Crippen LogP) is 2.72. The molecule has 1 aromatic carbocycles. The molecular formula is C16H24N2O3. The van der Waals surface area contributed by atoms with Gasteiger partial charge >= 0.3 is 12.0 Å². The lowest BCUT2D eigenvalue weighted by Gasteiger charge is -2.28. The zero-order valence-corrected chi connectivity index (χ0v) is 12.9. The Morgan fingerprint density at radius 3 is 2.24 bits per heavy atom. The lowest BCUT2D eigenvalue weighted by molar-refractivity contribution is -0.149. The number of carbonyl (C=O) groups is 2. The summed E-state index contributed by atoms with van der Waals surface area (Å²) in [6, 6.07) is 9.40. The summed E-state index contributed by atoms with van der Waals surface area (Å²) in [6.45, 7) is 4.30. The third-order valence-electron chi connectivity index (χ3n) is 3.99. The molecule has 116 valence electrons. The van der Waals surface area contributed by atoms with Crippen LogP contribution < -0.4 is 5.32 Å². The Labute approximate surface area is 126 Å². The molecule has 0 aliphatic carbocycles. The first-order chi connectivity index (χ1) is 9.95. The second-order valence-corrected chi connectivity index (χ2v) is 5.29. The molecule has 2 amide bonds. The van der Waals surface area contributed by atoms with Crippen molar-refractivity contribution in [2.45, 2.75) is 33.2 Å². The van der Waals surface area contributed by atoms with E-state index >= 15 is 0 Å². The molecule has 0 aliphatic heterocycles. The average Bonchev–Trinajstić information content (AvgIpc) is 2.49. The Morgan fingerprint density at radius 1 is 1.19 bits per heavy atom. The number of nitrogens with one attached hydrogen (secondary N) is 1. The number of hydrogen-bond acceptors (Lipinski definition) is 2. The lowest BCUT2D eigenvalue weighted by atomic mass is 9.82. The molecule has 1 rings (SSSR count). The van der Waals surface area contributed by atoms with Crippen LogP contribution in [0.25, 0.3) is 0 Å². The van der Waals surface area contributed by atoms with Crippen molar-refractivity contribution in [3.8, 4) is 0 Å². The van der Waals surface area contributed by atoms with Gasteiger partial charge in [-0.3, -0.25) is 4.79 Å². The molecule has 0 heterocycles. The highest BCUT2D eigenvalue weighted by Crippen LogP contribution is 2.25. The lowest BCUT2D eigenvalue weighted by Crippen LogP contribution is -2.46. The second-order valence-electron chi connectivity index (χ2n) is 5.29. The molecular weight excluding hydrogens is 268 g/mol. The van der Waals surface area contributed by atoms with Crippen LogP contribution in [0.3, 0.4) is 0 Å². The Balaban J connectivity index is 2.58. The maximum absolute atomic E-state index is 12.1. The molecule has 0 atom stereocenters. The van der Waals surface area contributed by atoms with E-state index < -0.39 is 11.4 Å². The molecule has 0 fully saturated rings. The van der Waals surface area contributed by atoms with E-state index in [1.54, 1.807) is 11.9 Å². The number of nitrogens with zero attached hydrogens (tertiary/aromatic N) is 1. The van der Waals surface area contributed by atoms with E-state index in [-0.39, 0.29) is 12.6 Å². The van der Waals surface area contributed by atoms with Crippen LogP contribution in [0.1, 0.15) is 32.3 Å². The summed E-state index contributed by atoms with van der Waals surface area (Å²) in [5.74, 6) is -0.862.